The van der Waals surface area contributed by atoms with Crippen LogP contribution in [0.4, 0.5) is 0 Å². The van der Waals surface area contributed by atoms with Gasteiger partial charge in [-0.2, -0.15) is 0 Å². The van der Waals surface area contributed by atoms with Crippen LogP contribution in [-0.4, -0.2) is 0 Å². The van der Waals surface area contributed by atoms with E-state index in [9.17, 15) is 0 Å². The molecule has 1 saturated carbocycles. The largest absolute Gasteiger partial charge is 0.320 e. The first-order chi connectivity index (χ1) is 7.03. The molecule has 1 atom stereocenters. The second-order valence-corrected chi connectivity index (χ2v) is 6.93. The Hall–Kier alpha value is -0.340. The molecule has 1 unspecified atom stereocenters. The van der Waals surface area contributed by atoms with Gasteiger partial charge in [0.05, 0.1) is 5.54 Å². The molecule has 1 nitrogen and oxygen atoms in total. The van der Waals surface area contributed by atoms with E-state index in [1.165, 1.54) is 30.6 Å². The molecule has 0 radical (unpaired) electrons. The van der Waals surface area contributed by atoms with Gasteiger partial charge in [-0.05, 0) is 49.1 Å². The van der Waals surface area contributed by atoms with Crippen molar-refractivity contribution >= 4 is 11.3 Å². The molecule has 1 aromatic rings. The molecular formula is C13H19NS. The molecular weight excluding hydrogens is 202 g/mol. The van der Waals surface area contributed by atoms with Crippen LogP contribution >= 0.6 is 11.3 Å². The van der Waals surface area contributed by atoms with Gasteiger partial charge in [0.25, 0.3) is 0 Å². The lowest BCUT2D eigenvalue weighted by Gasteiger charge is -2.12. The maximum atomic E-state index is 6.47. The summed E-state index contributed by atoms with van der Waals surface area (Å²) in [5.74, 6) is 0. The minimum Gasteiger partial charge on any atom is -0.320 e. The fourth-order valence-electron chi connectivity index (χ4n) is 2.78. The summed E-state index contributed by atoms with van der Waals surface area (Å²) in [5.41, 5.74) is 8.37. The van der Waals surface area contributed by atoms with Crippen molar-refractivity contribution in [2.75, 3.05) is 0 Å². The summed E-state index contributed by atoms with van der Waals surface area (Å²) in [6, 6.07) is 2.40. The minimum absolute atomic E-state index is 0.00495. The number of hydrogen-bond acceptors (Lipinski definition) is 2. The predicted molar refractivity (Wildman–Crippen MR) is 65.2 cm³/mol. The van der Waals surface area contributed by atoms with Gasteiger partial charge >= 0.3 is 0 Å². The van der Waals surface area contributed by atoms with Gasteiger partial charge in [-0.3, -0.25) is 0 Å². The molecule has 2 N–H and O–H groups in total. The van der Waals surface area contributed by atoms with Crippen molar-refractivity contribution in [1.29, 1.82) is 0 Å². The molecule has 2 heteroatoms. The monoisotopic (exact) mass is 221 g/mol. The van der Waals surface area contributed by atoms with Gasteiger partial charge in [0.1, 0.15) is 0 Å². The highest BCUT2D eigenvalue weighted by Crippen LogP contribution is 2.62. The third kappa shape index (κ3) is 1.31. The van der Waals surface area contributed by atoms with Crippen LogP contribution in [0, 0.1) is 5.41 Å². The third-order valence-electron chi connectivity index (χ3n) is 4.24. The van der Waals surface area contributed by atoms with E-state index in [1.54, 1.807) is 10.4 Å². The zero-order chi connectivity index (χ0) is 10.7. The fraction of sp³-hybridized carbons (Fsp3) is 0.692. The van der Waals surface area contributed by atoms with Gasteiger partial charge < -0.3 is 5.73 Å². The summed E-state index contributed by atoms with van der Waals surface area (Å²) in [5, 5.41) is 0. The van der Waals surface area contributed by atoms with E-state index in [-0.39, 0.29) is 5.54 Å². The minimum atomic E-state index is -0.00495. The first-order valence-electron chi connectivity index (χ1n) is 5.94. The van der Waals surface area contributed by atoms with E-state index < -0.39 is 0 Å². The van der Waals surface area contributed by atoms with Crippen LogP contribution in [0.5, 0.6) is 0 Å². The Kier molecular flexibility index (Phi) is 1.88. The van der Waals surface area contributed by atoms with Gasteiger partial charge in [0.2, 0.25) is 0 Å². The van der Waals surface area contributed by atoms with Gasteiger partial charge in [-0.25, -0.2) is 0 Å². The molecule has 0 amide bonds. The van der Waals surface area contributed by atoms with Crippen molar-refractivity contribution in [1.82, 2.24) is 0 Å². The molecule has 1 heterocycles. The van der Waals surface area contributed by atoms with Crippen LogP contribution in [0.2, 0.25) is 0 Å². The summed E-state index contributed by atoms with van der Waals surface area (Å²) in [4.78, 5) is 3.06. The average Bonchev–Trinajstić information content (AvgIpc) is 2.61. The summed E-state index contributed by atoms with van der Waals surface area (Å²) < 4.78 is 0. The van der Waals surface area contributed by atoms with Crippen LogP contribution in [0.1, 0.15) is 48.4 Å². The molecule has 2 aliphatic rings. The van der Waals surface area contributed by atoms with E-state index >= 15 is 0 Å². The Labute approximate surface area is 95.7 Å². The maximum Gasteiger partial charge on any atom is 0.0562 e. The molecule has 15 heavy (non-hydrogen) atoms. The molecule has 0 aliphatic heterocycles. The molecule has 0 spiro atoms. The van der Waals surface area contributed by atoms with Crippen molar-refractivity contribution < 1.29 is 0 Å². The molecule has 0 saturated heterocycles. The van der Waals surface area contributed by atoms with E-state index in [2.05, 4.69) is 19.9 Å². The number of thiophene rings is 1. The van der Waals surface area contributed by atoms with E-state index in [0.717, 1.165) is 6.42 Å². The summed E-state index contributed by atoms with van der Waals surface area (Å²) in [6.45, 7) is 4.57. The first kappa shape index (κ1) is 9.86. The van der Waals surface area contributed by atoms with E-state index in [1.807, 2.05) is 11.3 Å². The lowest BCUT2D eigenvalue weighted by Crippen LogP contribution is -2.24. The zero-order valence-electron chi connectivity index (χ0n) is 9.60. The standard InChI is InChI=1S/C13H19NS/c1-12(2)8-13(12,14)11-7-9-5-3-4-6-10(9)15-11/h7H,3-6,8,14H2,1-2H3. The normalized spacial score (nSPS) is 32.5. The van der Waals surface area contributed by atoms with Crippen LogP contribution in [0.15, 0.2) is 6.07 Å². The summed E-state index contributed by atoms with van der Waals surface area (Å²) in [7, 11) is 0. The second-order valence-electron chi connectivity index (χ2n) is 5.80. The lowest BCUT2D eigenvalue weighted by molar-refractivity contribution is 0.516. The molecule has 3 rings (SSSR count). The number of nitrogens with two attached hydrogens (primary N) is 1. The first-order valence-corrected chi connectivity index (χ1v) is 6.75. The average molecular weight is 221 g/mol. The van der Waals surface area contributed by atoms with Crippen molar-refractivity contribution in [2.24, 2.45) is 11.1 Å². The fourth-order valence-corrected chi connectivity index (χ4v) is 4.32. The summed E-state index contributed by atoms with van der Waals surface area (Å²) >= 11 is 1.98. The van der Waals surface area contributed by atoms with E-state index in [4.69, 9.17) is 5.73 Å². The topological polar surface area (TPSA) is 26.0 Å². The molecule has 0 aromatic carbocycles. The quantitative estimate of drug-likeness (QED) is 0.774. The summed E-state index contributed by atoms with van der Waals surface area (Å²) in [6.07, 6.45) is 6.45. The zero-order valence-corrected chi connectivity index (χ0v) is 10.4. The van der Waals surface area contributed by atoms with Gasteiger partial charge in [0.15, 0.2) is 0 Å². The highest BCUT2D eigenvalue weighted by molar-refractivity contribution is 7.12. The van der Waals surface area contributed by atoms with Crippen LogP contribution in [-0.2, 0) is 18.4 Å². The number of rotatable bonds is 1. The second kappa shape index (κ2) is 2.86. The van der Waals surface area contributed by atoms with Crippen molar-refractivity contribution in [3.05, 3.63) is 21.4 Å². The predicted octanol–water partition coefficient (Wildman–Crippen LogP) is 3.21. The molecule has 1 aromatic heterocycles. The third-order valence-corrected chi connectivity index (χ3v) is 5.65. The molecule has 0 bridgehead atoms. The SMILES string of the molecule is CC1(C)CC1(N)c1cc2c(s1)CCCC2. The number of hydrogen-bond donors (Lipinski definition) is 1. The maximum absolute atomic E-state index is 6.47. The molecule has 1 fully saturated rings. The molecule has 2 aliphatic carbocycles. The Morgan fingerprint density at radius 1 is 1.27 bits per heavy atom. The van der Waals surface area contributed by atoms with Crippen molar-refractivity contribution in [2.45, 2.75) is 51.5 Å². The Balaban J connectivity index is 1.97. The smallest absolute Gasteiger partial charge is 0.0562 e. The van der Waals surface area contributed by atoms with Crippen molar-refractivity contribution in [3.8, 4) is 0 Å². The highest BCUT2D eigenvalue weighted by atomic mass is 32.1. The lowest BCUT2D eigenvalue weighted by atomic mass is 9.97. The van der Waals surface area contributed by atoms with Crippen LogP contribution < -0.4 is 5.73 Å². The van der Waals surface area contributed by atoms with E-state index in [0.29, 0.717) is 5.41 Å². The van der Waals surface area contributed by atoms with Crippen LogP contribution in [0.3, 0.4) is 0 Å². The Morgan fingerprint density at radius 2 is 1.93 bits per heavy atom. The Morgan fingerprint density at radius 3 is 2.53 bits per heavy atom. The van der Waals surface area contributed by atoms with Crippen molar-refractivity contribution in [3.63, 3.8) is 0 Å². The van der Waals surface area contributed by atoms with Gasteiger partial charge in [0, 0.05) is 9.75 Å². The van der Waals surface area contributed by atoms with Crippen LogP contribution in [0.25, 0.3) is 0 Å². The number of fused-ring (bicyclic) bond motifs is 1. The Bertz CT molecular complexity index is 381. The highest BCUT2D eigenvalue weighted by Gasteiger charge is 2.60. The number of aryl methyl sites for hydroxylation is 2. The van der Waals surface area contributed by atoms with Gasteiger partial charge in [-0.15, -0.1) is 11.3 Å². The molecule has 82 valence electrons. The van der Waals surface area contributed by atoms with Gasteiger partial charge in [-0.1, -0.05) is 13.8 Å².